The predicted octanol–water partition coefficient (Wildman–Crippen LogP) is 3.86. The van der Waals surface area contributed by atoms with E-state index in [-0.39, 0.29) is 0 Å². The summed E-state index contributed by atoms with van der Waals surface area (Å²) in [6.45, 7) is 6.11. The molecule has 27 heavy (non-hydrogen) atoms. The Morgan fingerprint density at radius 3 is 2.33 bits per heavy atom. The van der Waals surface area contributed by atoms with Crippen molar-refractivity contribution in [1.82, 2.24) is 4.90 Å². The zero-order valence-electron chi connectivity index (χ0n) is 16.6. The molecule has 1 saturated heterocycles. The van der Waals surface area contributed by atoms with Gasteiger partial charge in [0.05, 0.1) is 0 Å². The molecule has 4 heteroatoms. The van der Waals surface area contributed by atoms with Gasteiger partial charge in [-0.1, -0.05) is 29.8 Å². The quantitative estimate of drug-likeness (QED) is 0.768. The van der Waals surface area contributed by atoms with Gasteiger partial charge in [-0.15, -0.1) is 0 Å². The first-order valence-electron chi connectivity index (χ1n) is 10.00. The largest absolute Gasteiger partial charge is 0.491 e. The Hall–Kier alpha value is -2.04. The molecule has 0 aliphatic carbocycles. The molecular formula is C23H32N2O2. The fourth-order valence-corrected chi connectivity index (χ4v) is 3.58. The van der Waals surface area contributed by atoms with E-state index in [9.17, 15) is 5.11 Å². The zero-order chi connectivity index (χ0) is 19.1. The molecule has 2 aromatic carbocycles. The summed E-state index contributed by atoms with van der Waals surface area (Å²) < 4.78 is 5.67. The normalized spacial score (nSPS) is 15.8. The van der Waals surface area contributed by atoms with Crippen molar-refractivity contribution in [3.05, 3.63) is 59.7 Å². The maximum absolute atomic E-state index is 10.3. The van der Waals surface area contributed by atoms with Crippen molar-refractivity contribution >= 4 is 5.69 Å². The zero-order valence-corrected chi connectivity index (χ0v) is 16.6. The van der Waals surface area contributed by atoms with Crippen molar-refractivity contribution in [2.75, 3.05) is 38.2 Å². The summed E-state index contributed by atoms with van der Waals surface area (Å²) in [6, 6.07) is 16.8. The van der Waals surface area contributed by atoms with E-state index in [1.807, 2.05) is 38.2 Å². The first kappa shape index (κ1) is 19.7. The number of benzene rings is 2. The second-order valence-corrected chi connectivity index (χ2v) is 7.69. The lowest BCUT2D eigenvalue weighted by Crippen LogP contribution is -2.32. The van der Waals surface area contributed by atoms with Gasteiger partial charge in [0, 0.05) is 31.9 Å². The molecule has 1 atom stereocenters. The van der Waals surface area contributed by atoms with Gasteiger partial charge < -0.3 is 14.7 Å². The molecular weight excluding hydrogens is 336 g/mol. The van der Waals surface area contributed by atoms with Crippen molar-refractivity contribution in [3.63, 3.8) is 0 Å². The molecule has 0 aromatic heterocycles. The molecule has 1 fully saturated rings. The summed E-state index contributed by atoms with van der Waals surface area (Å²) >= 11 is 0. The lowest BCUT2D eigenvalue weighted by atomic mass is 10.1. The smallest absolute Gasteiger partial charge is 0.119 e. The number of aryl methyl sites for hydroxylation is 1. The fourth-order valence-electron chi connectivity index (χ4n) is 3.58. The number of ether oxygens (including phenoxy) is 1. The van der Waals surface area contributed by atoms with Crippen LogP contribution in [0.4, 0.5) is 5.69 Å². The Morgan fingerprint density at radius 2 is 1.67 bits per heavy atom. The summed E-state index contributed by atoms with van der Waals surface area (Å²) in [6.07, 6.45) is 3.44. The number of likely N-dealkylation sites (N-methyl/N-ethyl adjacent to an activating group) is 1. The molecule has 1 heterocycles. The molecule has 146 valence electrons. The molecule has 0 saturated carbocycles. The Morgan fingerprint density at radius 1 is 1.00 bits per heavy atom. The van der Waals surface area contributed by atoms with E-state index in [0.29, 0.717) is 13.2 Å². The molecule has 0 radical (unpaired) electrons. The van der Waals surface area contributed by atoms with Crippen LogP contribution in [0.3, 0.4) is 0 Å². The maximum atomic E-state index is 10.3. The number of anilines is 1. The standard InChI is InChI=1S/C23H32N2O2/c1-19-6-12-23(13-7-19)27-18-22(26)17-24(2)16-20-8-10-21(11-9-20)25-14-4-3-5-15-25/h6-13,22,26H,3-5,14-18H2,1-2H3/t22-/m1/s1. The molecule has 0 bridgehead atoms. The van der Waals surface area contributed by atoms with Gasteiger partial charge in [-0.05, 0) is 63.1 Å². The monoisotopic (exact) mass is 368 g/mol. The lowest BCUT2D eigenvalue weighted by Gasteiger charge is -2.29. The van der Waals surface area contributed by atoms with Crippen molar-refractivity contribution in [1.29, 1.82) is 0 Å². The van der Waals surface area contributed by atoms with Gasteiger partial charge in [0.2, 0.25) is 0 Å². The van der Waals surface area contributed by atoms with Crippen LogP contribution in [0, 0.1) is 6.92 Å². The fraction of sp³-hybridized carbons (Fsp3) is 0.478. The van der Waals surface area contributed by atoms with E-state index in [1.165, 1.54) is 49.2 Å². The Labute approximate surface area is 163 Å². The summed E-state index contributed by atoms with van der Waals surface area (Å²) in [7, 11) is 2.04. The second kappa shape index (κ2) is 9.77. The molecule has 1 N–H and O–H groups in total. The highest BCUT2D eigenvalue weighted by molar-refractivity contribution is 5.47. The van der Waals surface area contributed by atoms with Crippen LogP contribution in [-0.2, 0) is 6.54 Å². The minimum absolute atomic E-state index is 0.307. The lowest BCUT2D eigenvalue weighted by molar-refractivity contribution is 0.0744. The van der Waals surface area contributed by atoms with Crippen LogP contribution in [0.25, 0.3) is 0 Å². The molecule has 0 unspecified atom stereocenters. The molecule has 3 rings (SSSR count). The third-order valence-corrected chi connectivity index (χ3v) is 5.10. The van der Waals surface area contributed by atoms with Crippen LogP contribution >= 0.6 is 0 Å². The highest BCUT2D eigenvalue weighted by Crippen LogP contribution is 2.20. The van der Waals surface area contributed by atoms with Gasteiger partial charge in [0.15, 0.2) is 0 Å². The van der Waals surface area contributed by atoms with E-state index in [1.54, 1.807) is 0 Å². The highest BCUT2D eigenvalue weighted by atomic mass is 16.5. The van der Waals surface area contributed by atoms with Crippen LogP contribution < -0.4 is 9.64 Å². The van der Waals surface area contributed by atoms with E-state index in [4.69, 9.17) is 4.74 Å². The van der Waals surface area contributed by atoms with Gasteiger partial charge in [0.25, 0.3) is 0 Å². The van der Waals surface area contributed by atoms with Gasteiger partial charge in [-0.25, -0.2) is 0 Å². The minimum atomic E-state index is -0.510. The number of hydrogen-bond donors (Lipinski definition) is 1. The number of hydrogen-bond acceptors (Lipinski definition) is 4. The minimum Gasteiger partial charge on any atom is -0.491 e. The summed E-state index contributed by atoms with van der Waals surface area (Å²) in [4.78, 5) is 4.61. The maximum Gasteiger partial charge on any atom is 0.119 e. The van der Waals surface area contributed by atoms with Gasteiger partial charge >= 0.3 is 0 Å². The average molecular weight is 369 g/mol. The van der Waals surface area contributed by atoms with Crippen LogP contribution in [0.5, 0.6) is 5.75 Å². The number of rotatable bonds is 8. The molecule has 1 aliphatic rings. The van der Waals surface area contributed by atoms with Crippen molar-refractivity contribution in [3.8, 4) is 5.75 Å². The van der Waals surface area contributed by atoms with Gasteiger partial charge in [0.1, 0.15) is 18.5 Å². The number of aliphatic hydroxyl groups excluding tert-OH is 1. The van der Waals surface area contributed by atoms with Crippen molar-refractivity contribution < 1.29 is 9.84 Å². The average Bonchev–Trinajstić information content (AvgIpc) is 2.69. The van der Waals surface area contributed by atoms with Crippen LogP contribution in [0.1, 0.15) is 30.4 Å². The topological polar surface area (TPSA) is 35.9 Å². The second-order valence-electron chi connectivity index (χ2n) is 7.69. The molecule has 1 aliphatic heterocycles. The molecule has 0 spiro atoms. The SMILES string of the molecule is Cc1ccc(OC[C@H](O)CN(C)Cc2ccc(N3CCCCC3)cc2)cc1. The van der Waals surface area contributed by atoms with Gasteiger partial charge in [-0.3, -0.25) is 4.90 Å². The first-order chi connectivity index (χ1) is 13.1. The third-order valence-electron chi connectivity index (χ3n) is 5.10. The number of nitrogens with zero attached hydrogens (tertiary/aromatic N) is 2. The Bertz CT molecular complexity index is 679. The molecule has 2 aromatic rings. The van der Waals surface area contributed by atoms with E-state index in [2.05, 4.69) is 34.1 Å². The number of aliphatic hydroxyl groups is 1. The van der Waals surface area contributed by atoms with Gasteiger partial charge in [-0.2, -0.15) is 0 Å². The Balaban J connectivity index is 1.42. The number of piperidine rings is 1. The highest BCUT2D eigenvalue weighted by Gasteiger charge is 2.12. The first-order valence-corrected chi connectivity index (χ1v) is 10.00. The van der Waals surface area contributed by atoms with E-state index >= 15 is 0 Å². The van der Waals surface area contributed by atoms with Crippen molar-refractivity contribution in [2.45, 2.75) is 38.8 Å². The van der Waals surface area contributed by atoms with Crippen LogP contribution in [0.15, 0.2) is 48.5 Å². The van der Waals surface area contributed by atoms with E-state index < -0.39 is 6.10 Å². The Kier molecular flexibility index (Phi) is 7.13. The van der Waals surface area contributed by atoms with Crippen LogP contribution in [0.2, 0.25) is 0 Å². The van der Waals surface area contributed by atoms with Crippen molar-refractivity contribution in [2.24, 2.45) is 0 Å². The third kappa shape index (κ3) is 6.26. The predicted molar refractivity (Wildman–Crippen MR) is 112 cm³/mol. The summed E-state index contributed by atoms with van der Waals surface area (Å²) in [5.74, 6) is 0.801. The molecule has 4 nitrogen and oxygen atoms in total. The van der Waals surface area contributed by atoms with Crippen LogP contribution in [-0.4, -0.2) is 49.4 Å². The summed E-state index contributed by atoms with van der Waals surface area (Å²) in [5, 5.41) is 10.3. The molecule has 0 amide bonds. The summed E-state index contributed by atoms with van der Waals surface area (Å²) in [5.41, 5.74) is 3.80. The van der Waals surface area contributed by atoms with E-state index in [0.717, 1.165) is 12.3 Å².